The molecule has 374 valence electrons. The van der Waals surface area contributed by atoms with E-state index < -0.39 is 6.10 Å². The second-order valence-electron chi connectivity index (χ2n) is 19.8. The maximum Gasteiger partial charge on any atom is 0.306 e. The van der Waals surface area contributed by atoms with Gasteiger partial charge in [0.05, 0.1) is 0 Å². The third-order valence-corrected chi connectivity index (χ3v) is 13.4. The molecule has 0 bridgehead atoms. The summed E-state index contributed by atoms with van der Waals surface area (Å²) in [5.41, 5.74) is 0. The number of unbranched alkanes of at least 4 members (excludes halogenated alkanes) is 38. The minimum absolute atomic E-state index is 0.0623. The fourth-order valence-corrected chi connectivity index (χ4v) is 8.72. The summed E-state index contributed by atoms with van der Waals surface area (Å²) in [6.45, 7) is 9.07. The molecular formula is C57H110O6. The van der Waals surface area contributed by atoms with Crippen LogP contribution in [0.4, 0.5) is 0 Å². The minimum atomic E-state index is -0.761. The maximum atomic E-state index is 12.8. The second kappa shape index (κ2) is 51.4. The van der Waals surface area contributed by atoms with Crippen molar-refractivity contribution >= 4 is 17.9 Å². The molecule has 0 aromatic heterocycles. The van der Waals surface area contributed by atoms with Gasteiger partial charge in [0, 0.05) is 19.3 Å². The summed E-state index contributed by atoms with van der Waals surface area (Å²) < 4.78 is 16.8. The normalized spacial score (nSPS) is 12.4. The van der Waals surface area contributed by atoms with Crippen molar-refractivity contribution in [3.8, 4) is 0 Å². The van der Waals surface area contributed by atoms with Crippen LogP contribution in [-0.4, -0.2) is 37.2 Å². The van der Waals surface area contributed by atoms with Crippen LogP contribution in [0, 0.1) is 5.92 Å². The van der Waals surface area contributed by atoms with E-state index in [1.165, 1.54) is 218 Å². The minimum Gasteiger partial charge on any atom is -0.462 e. The summed E-state index contributed by atoms with van der Waals surface area (Å²) in [6.07, 6.45) is 55.2. The van der Waals surface area contributed by atoms with Crippen LogP contribution in [0.15, 0.2) is 0 Å². The molecule has 0 aliphatic rings. The number of carbonyl (C=O) groups is 3. The third kappa shape index (κ3) is 49.7. The molecule has 6 nitrogen and oxygen atoms in total. The summed E-state index contributed by atoms with van der Waals surface area (Å²) in [6, 6.07) is 0. The predicted molar refractivity (Wildman–Crippen MR) is 270 cm³/mol. The van der Waals surface area contributed by atoms with E-state index in [9.17, 15) is 14.4 Å². The van der Waals surface area contributed by atoms with E-state index in [0.717, 1.165) is 63.7 Å². The highest BCUT2D eigenvalue weighted by Crippen LogP contribution is 2.18. The molecule has 0 amide bonds. The van der Waals surface area contributed by atoms with Crippen LogP contribution < -0.4 is 0 Å². The van der Waals surface area contributed by atoms with Crippen molar-refractivity contribution in [3.05, 3.63) is 0 Å². The third-order valence-electron chi connectivity index (χ3n) is 13.4. The number of esters is 3. The SMILES string of the molecule is CCCCCCCCCCCCCCCCCCCCC(=O)O[C@@H](COC(=O)CCCCCCCCCCC)COC(=O)CCCCCCCCCCCCCCCCC(C)CC. The molecule has 0 aliphatic heterocycles. The van der Waals surface area contributed by atoms with Crippen molar-refractivity contribution in [2.45, 2.75) is 329 Å². The fourth-order valence-electron chi connectivity index (χ4n) is 8.72. The topological polar surface area (TPSA) is 78.9 Å². The van der Waals surface area contributed by atoms with Crippen molar-refractivity contribution < 1.29 is 28.6 Å². The molecule has 2 atom stereocenters. The Morgan fingerprint density at radius 1 is 0.317 bits per heavy atom. The fraction of sp³-hybridized carbons (Fsp3) is 0.947. The van der Waals surface area contributed by atoms with Crippen molar-refractivity contribution in [3.63, 3.8) is 0 Å². The molecule has 0 rings (SSSR count). The standard InChI is InChI=1S/C57H110O6/c1-5-8-10-12-14-16-17-18-19-20-21-22-27-30-34-38-42-46-50-57(60)63-54(51-61-55(58)48-44-40-36-31-15-13-11-9-6-2)52-62-56(59)49-45-41-37-33-29-26-24-23-25-28-32-35-39-43-47-53(4)7-3/h53-54H,5-52H2,1-4H3/t53?,54-/m0/s1. The van der Waals surface area contributed by atoms with E-state index in [1.807, 2.05) is 0 Å². The zero-order chi connectivity index (χ0) is 45.9. The lowest BCUT2D eigenvalue weighted by Crippen LogP contribution is -2.30. The van der Waals surface area contributed by atoms with Gasteiger partial charge >= 0.3 is 17.9 Å². The average molecular weight is 892 g/mol. The van der Waals surface area contributed by atoms with Gasteiger partial charge in [0.1, 0.15) is 13.2 Å². The number of rotatable bonds is 52. The highest BCUT2D eigenvalue weighted by Gasteiger charge is 2.19. The van der Waals surface area contributed by atoms with Gasteiger partial charge in [-0.1, -0.05) is 285 Å². The zero-order valence-corrected chi connectivity index (χ0v) is 43.0. The summed E-state index contributed by atoms with van der Waals surface area (Å²) in [7, 11) is 0. The molecule has 0 N–H and O–H groups in total. The molecule has 0 fully saturated rings. The monoisotopic (exact) mass is 891 g/mol. The van der Waals surface area contributed by atoms with Gasteiger partial charge in [-0.3, -0.25) is 14.4 Å². The molecule has 0 radical (unpaired) electrons. The predicted octanol–water partition coefficient (Wildman–Crippen LogP) is 18.6. The van der Waals surface area contributed by atoms with E-state index >= 15 is 0 Å². The van der Waals surface area contributed by atoms with Gasteiger partial charge in [0.2, 0.25) is 0 Å². The highest BCUT2D eigenvalue weighted by molar-refractivity contribution is 5.71. The van der Waals surface area contributed by atoms with Crippen LogP contribution in [0.2, 0.25) is 0 Å². The van der Waals surface area contributed by atoms with Gasteiger partial charge in [-0.05, 0) is 25.2 Å². The Kier molecular flexibility index (Phi) is 50.1. The summed E-state index contributed by atoms with van der Waals surface area (Å²) in [4.78, 5) is 38.0. The summed E-state index contributed by atoms with van der Waals surface area (Å²) >= 11 is 0. The zero-order valence-electron chi connectivity index (χ0n) is 43.0. The Labute approximate surface area is 393 Å². The van der Waals surface area contributed by atoms with E-state index in [1.54, 1.807) is 0 Å². The largest absolute Gasteiger partial charge is 0.462 e. The summed E-state index contributed by atoms with van der Waals surface area (Å²) in [5.74, 6) is 0.0554. The van der Waals surface area contributed by atoms with E-state index in [-0.39, 0.29) is 31.1 Å². The molecule has 6 heteroatoms. The second-order valence-corrected chi connectivity index (χ2v) is 19.8. The molecule has 0 saturated carbocycles. The van der Waals surface area contributed by atoms with Crippen LogP contribution in [0.25, 0.3) is 0 Å². The smallest absolute Gasteiger partial charge is 0.306 e. The molecule has 0 spiro atoms. The average Bonchev–Trinajstić information content (AvgIpc) is 3.28. The molecule has 0 aromatic carbocycles. The van der Waals surface area contributed by atoms with E-state index in [4.69, 9.17) is 14.2 Å². The van der Waals surface area contributed by atoms with Gasteiger partial charge in [-0.25, -0.2) is 0 Å². The van der Waals surface area contributed by atoms with Crippen molar-refractivity contribution in [1.82, 2.24) is 0 Å². The van der Waals surface area contributed by atoms with Crippen LogP contribution in [0.1, 0.15) is 323 Å². The molecular weight excluding hydrogens is 781 g/mol. The number of carbonyl (C=O) groups excluding carboxylic acids is 3. The first-order valence-corrected chi connectivity index (χ1v) is 28.4. The van der Waals surface area contributed by atoms with Gasteiger partial charge in [-0.15, -0.1) is 0 Å². The van der Waals surface area contributed by atoms with Crippen LogP contribution >= 0.6 is 0 Å². The maximum absolute atomic E-state index is 12.8. The highest BCUT2D eigenvalue weighted by atomic mass is 16.6. The Bertz CT molecular complexity index is 951. The van der Waals surface area contributed by atoms with E-state index in [0.29, 0.717) is 19.3 Å². The van der Waals surface area contributed by atoms with Crippen molar-refractivity contribution in [1.29, 1.82) is 0 Å². The summed E-state index contributed by atoms with van der Waals surface area (Å²) in [5, 5.41) is 0. The lowest BCUT2D eigenvalue weighted by Gasteiger charge is -2.18. The number of ether oxygens (including phenoxy) is 3. The molecule has 0 aliphatic carbocycles. The Balaban J connectivity index is 4.22. The van der Waals surface area contributed by atoms with Gasteiger partial charge in [0.25, 0.3) is 0 Å². The molecule has 63 heavy (non-hydrogen) atoms. The Morgan fingerprint density at radius 2 is 0.556 bits per heavy atom. The number of hydrogen-bond acceptors (Lipinski definition) is 6. The van der Waals surface area contributed by atoms with Crippen LogP contribution in [0.5, 0.6) is 0 Å². The first kappa shape index (κ1) is 61.4. The molecule has 1 unspecified atom stereocenters. The molecule has 0 heterocycles. The lowest BCUT2D eigenvalue weighted by molar-refractivity contribution is -0.167. The van der Waals surface area contributed by atoms with Gasteiger partial charge < -0.3 is 14.2 Å². The quantitative estimate of drug-likeness (QED) is 0.0344. The Morgan fingerprint density at radius 3 is 0.825 bits per heavy atom. The van der Waals surface area contributed by atoms with Gasteiger partial charge in [-0.2, -0.15) is 0 Å². The van der Waals surface area contributed by atoms with Crippen molar-refractivity contribution in [2.75, 3.05) is 13.2 Å². The molecule has 0 aromatic rings. The molecule has 0 saturated heterocycles. The lowest BCUT2D eigenvalue weighted by atomic mass is 9.99. The first-order valence-electron chi connectivity index (χ1n) is 28.4. The first-order chi connectivity index (χ1) is 30.9. The Hall–Kier alpha value is -1.59. The van der Waals surface area contributed by atoms with Gasteiger partial charge in [0.15, 0.2) is 6.10 Å². The van der Waals surface area contributed by atoms with E-state index in [2.05, 4.69) is 27.7 Å². The van der Waals surface area contributed by atoms with Crippen LogP contribution in [-0.2, 0) is 28.6 Å². The number of hydrogen-bond donors (Lipinski definition) is 0. The van der Waals surface area contributed by atoms with Crippen LogP contribution in [0.3, 0.4) is 0 Å². The van der Waals surface area contributed by atoms with Crippen molar-refractivity contribution in [2.24, 2.45) is 5.92 Å².